The number of hydrogen-bond donors (Lipinski definition) is 1. The van der Waals surface area contributed by atoms with Crippen LogP contribution in [-0.2, 0) is 0 Å². The molecule has 0 bridgehead atoms. The Morgan fingerprint density at radius 2 is 1.85 bits per heavy atom. The van der Waals surface area contributed by atoms with E-state index in [2.05, 4.69) is 5.32 Å². The van der Waals surface area contributed by atoms with Crippen LogP contribution in [0.25, 0.3) is 0 Å². The smallest absolute Gasteiger partial charge is 0.231 e. The van der Waals surface area contributed by atoms with Gasteiger partial charge in [-0.1, -0.05) is 12.1 Å². The lowest BCUT2D eigenvalue weighted by Crippen LogP contribution is -2.19. The Hall–Kier alpha value is -2.14. The van der Waals surface area contributed by atoms with Gasteiger partial charge in [0, 0.05) is 11.6 Å². The summed E-state index contributed by atoms with van der Waals surface area (Å²) < 4.78 is 37.5. The van der Waals surface area contributed by atoms with Crippen molar-refractivity contribution in [3.8, 4) is 11.5 Å². The minimum Gasteiger partial charge on any atom is -0.454 e. The first kappa shape index (κ1) is 12.9. The second-order valence-electron chi connectivity index (χ2n) is 4.50. The van der Waals surface area contributed by atoms with E-state index >= 15 is 0 Å². The molecule has 1 aliphatic rings. The maximum absolute atomic E-state index is 13.9. The van der Waals surface area contributed by atoms with Gasteiger partial charge in [-0.25, -0.2) is 8.78 Å². The van der Waals surface area contributed by atoms with Gasteiger partial charge in [0.05, 0.1) is 6.04 Å². The molecule has 0 aliphatic carbocycles. The maximum Gasteiger partial charge on any atom is 0.231 e. The molecule has 1 atom stereocenters. The number of rotatable bonds is 3. The lowest BCUT2D eigenvalue weighted by molar-refractivity contribution is 0.174. The SMILES string of the molecule is CNC(c1ccc2c(c1)OCO2)c1ccc(F)cc1F. The van der Waals surface area contributed by atoms with Crippen molar-refractivity contribution in [1.82, 2.24) is 5.32 Å². The summed E-state index contributed by atoms with van der Waals surface area (Å²) in [4.78, 5) is 0. The van der Waals surface area contributed by atoms with Crippen molar-refractivity contribution in [3.63, 3.8) is 0 Å². The molecule has 5 heteroatoms. The van der Waals surface area contributed by atoms with Gasteiger partial charge in [0.15, 0.2) is 11.5 Å². The highest BCUT2D eigenvalue weighted by molar-refractivity contribution is 5.47. The van der Waals surface area contributed by atoms with Gasteiger partial charge in [-0.15, -0.1) is 0 Å². The number of halogens is 2. The highest BCUT2D eigenvalue weighted by Gasteiger charge is 2.20. The Balaban J connectivity index is 2.01. The van der Waals surface area contributed by atoms with E-state index in [0.29, 0.717) is 17.1 Å². The highest BCUT2D eigenvalue weighted by Crippen LogP contribution is 2.36. The lowest BCUT2D eigenvalue weighted by atomic mass is 9.98. The van der Waals surface area contributed by atoms with Crippen molar-refractivity contribution in [3.05, 3.63) is 59.2 Å². The number of ether oxygens (including phenoxy) is 2. The van der Waals surface area contributed by atoms with E-state index in [-0.39, 0.29) is 12.8 Å². The van der Waals surface area contributed by atoms with E-state index < -0.39 is 11.6 Å². The van der Waals surface area contributed by atoms with Crippen LogP contribution in [0.1, 0.15) is 17.2 Å². The Morgan fingerprint density at radius 1 is 1.05 bits per heavy atom. The highest BCUT2D eigenvalue weighted by atomic mass is 19.1. The molecule has 1 aliphatic heterocycles. The summed E-state index contributed by atoms with van der Waals surface area (Å²) in [5.74, 6) is 0.127. The predicted molar refractivity (Wildman–Crippen MR) is 69.8 cm³/mol. The van der Waals surface area contributed by atoms with E-state index in [4.69, 9.17) is 9.47 Å². The summed E-state index contributed by atoms with van der Waals surface area (Å²) in [6.07, 6.45) is 0. The van der Waals surface area contributed by atoms with Gasteiger partial charge in [0.1, 0.15) is 11.6 Å². The monoisotopic (exact) mass is 277 g/mol. The number of hydrogen-bond acceptors (Lipinski definition) is 3. The minimum absolute atomic E-state index is 0.188. The quantitative estimate of drug-likeness (QED) is 0.935. The molecule has 3 rings (SSSR count). The van der Waals surface area contributed by atoms with E-state index in [1.807, 2.05) is 6.07 Å². The fourth-order valence-electron chi connectivity index (χ4n) is 2.33. The van der Waals surface area contributed by atoms with Crippen LogP contribution in [-0.4, -0.2) is 13.8 Å². The summed E-state index contributed by atoms with van der Waals surface area (Å²) in [5, 5.41) is 3.03. The first-order valence-corrected chi connectivity index (χ1v) is 6.21. The van der Waals surface area contributed by atoms with Crippen LogP contribution in [0.3, 0.4) is 0 Å². The average Bonchev–Trinajstić information content (AvgIpc) is 2.89. The summed E-state index contributed by atoms with van der Waals surface area (Å²) in [7, 11) is 1.72. The lowest BCUT2D eigenvalue weighted by Gasteiger charge is -2.18. The van der Waals surface area contributed by atoms with Gasteiger partial charge >= 0.3 is 0 Å². The molecule has 0 aromatic heterocycles. The van der Waals surface area contributed by atoms with E-state index in [1.165, 1.54) is 12.1 Å². The first-order chi connectivity index (χ1) is 9.69. The number of nitrogens with one attached hydrogen (secondary N) is 1. The van der Waals surface area contributed by atoms with Crippen LogP contribution in [0.4, 0.5) is 8.78 Å². The molecule has 104 valence electrons. The summed E-state index contributed by atoms with van der Waals surface area (Å²) >= 11 is 0. The zero-order chi connectivity index (χ0) is 14.1. The van der Waals surface area contributed by atoms with E-state index in [9.17, 15) is 8.78 Å². The van der Waals surface area contributed by atoms with Crippen LogP contribution in [0.2, 0.25) is 0 Å². The molecular formula is C15H13F2NO2. The second kappa shape index (κ2) is 5.09. The van der Waals surface area contributed by atoms with Crippen molar-refractivity contribution in [2.45, 2.75) is 6.04 Å². The minimum atomic E-state index is -0.591. The largest absolute Gasteiger partial charge is 0.454 e. The van der Waals surface area contributed by atoms with Crippen molar-refractivity contribution in [1.29, 1.82) is 0 Å². The van der Waals surface area contributed by atoms with Crippen LogP contribution in [0.5, 0.6) is 11.5 Å². The normalized spacial score (nSPS) is 14.3. The van der Waals surface area contributed by atoms with Gasteiger partial charge in [0.25, 0.3) is 0 Å². The van der Waals surface area contributed by atoms with Crippen molar-refractivity contribution >= 4 is 0 Å². The van der Waals surface area contributed by atoms with Crippen molar-refractivity contribution in [2.75, 3.05) is 13.8 Å². The molecule has 1 N–H and O–H groups in total. The predicted octanol–water partition coefficient (Wildman–Crippen LogP) is 3.00. The summed E-state index contributed by atoms with van der Waals surface area (Å²) in [6.45, 7) is 0.188. The molecule has 2 aromatic carbocycles. The molecule has 0 saturated heterocycles. The maximum atomic E-state index is 13.9. The Labute approximate surface area is 115 Å². The molecule has 3 nitrogen and oxygen atoms in total. The first-order valence-electron chi connectivity index (χ1n) is 6.21. The Kier molecular flexibility index (Phi) is 3.28. The van der Waals surface area contributed by atoms with Gasteiger partial charge < -0.3 is 14.8 Å². The fourth-order valence-corrected chi connectivity index (χ4v) is 2.33. The number of fused-ring (bicyclic) bond motifs is 1. The molecule has 0 amide bonds. The third kappa shape index (κ3) is 2.20. The Bertz CT molecular complexity index is 646. The second-order valence-corrected chi connectivity index (χ2v) is 4.50. The average molecular weight is 277 g/mol. The Morgan fingerprint density at radius 3 is 2.60 bits per heavy atom. The third-order valence-electron chi connectivity index (χ3n) is 3.29. The van der Waals surface area contributed by atoms with Gasteiger partial charge in [0.2, 0.25) is 6.79 Å². The van der Waals surface area contributed by atoms with Gasteiger partial charge in [-0.05, 0) is 30.8 Å². The van der Waals surface area contributed by atoms with Crippen molar-refractivity contribution < 1.29 is 18.3 Å². The molecule has 0 saturated carbocycles. The van der Waals surface area contributed by atoms with Crippen LogP contribution in [0, 0.1) is 11.6 Å². The fraction of sp³-hybridized carbons (Fsp3) is 0.200. The van der Waals surface area contributed by atoms with Gasteiger partial charge in [-0.2, -0.15) is 0 Å². The van der Waals surface area contributed by atoms with Gasteiger partial charge in [-0.3, -0.25) is 0 Å². The molecular weight excluding hydrogens is 264 g/mol. The molecule has 20 heavy (non-hydrogen) atoms. The molecule has 1 unspecified atom stereocenters. The summed E-state index contributed by atoms with van der Waals surface area (Å²) in [5.41, 5.74) is 1.20. The standard InChI is InChI=1S/C15H13F2NO2/c1-18-15(11-4-3-10(16)7-12(11)17)9-2-5-13-14(6-9)20-8-19-13/h2-7,15,18H,8H2,1H3. The van der Waals surface area contributed by atoms with E-state index in [0.717, 1.165) is 11.6 Å². The van der Waals surface area contributed by atoms with Crippen LogP contribution in [0.15, 0.2) is 36.4 Å². The van der Waals surface area contributed by atoms with Crippen LogP contribution >= 0.6 is 0 Å². The molecule has 0 spiro atoms. The zero-order valence-corrected chi connectivity index (χ0v) is 10.8. The van der Waals surface area contributed by atoms with Crippen LogP contribution < -0.4 is 14.8 Å². The zero-order valence-electron chi connectivity index (χ0n) is 10.8. The molecule has 2 aromatic rings. The topological polar surface area (TPSA) is 30.5 Å². The summed E-state index contributed by atoms with van der Waals surface area (Å²) in [6, 6.07) is 8.59. The molecule has 0 fully saturated rings. The number of benzene rings is 2. The van der Waals surface area contributed by atoms with Crippen molar-refractivity contribution in [2.24, 2.45) is 0 Å². The third-order valence-corrected chi connectivity index (χ3v) is 3.29. The molecule has 1 heterocycles. The van der Waals surface area contributed by atoms with E-state index in [1.54, 1.807) is 19.2 Å². The molecule has 0 radical (unpaired) electrons.